The molecule has 1 aliphatic heterocycles. The van der Waals surface area contributed by atoms with E-state index in [0.29, 0.717) is 39.8 Å². The molecule has 0 spiro atoms. The number of nitrogens with one attached hydrogen (secondary N) is 1. The Balaban J connectivity index is 1.52. The number of rotatable bonds is 4. The van der Waals surface area contributed by atoms with Crippen LogP contribution in [0.15, 0.2) is 53.1 Å². The highest BCUT2D eigenvalue weighted by Crippen LogP contribution is 2.27. The molecule has 1 aliphatic rings. The first kappa shape index (κ1) is 19.1. The van der Waals surface area contributed by atoms with Crippen LogP contribution in [0.4, 0.5) is 10.1 Å². The molecule has 148 valence electrons. The fraction of sp³-hybridized carbons (Fsp3) is 0.190. The second kappa shape index (κ2) is 7.67. The van der Waals surface area contributed by atoms with Crippen molar-refractivity contribution < 1.29 is 18.5 Å². The molecule has 2 heterocycles. The number of aryl methyl sites for hydroxylation is 1. The molecule has 0 radical (unpaired) electrons. The molecule has 1 saturated heterocycles. The van der Waals surface area contributed by atoms with Gasteiger partial charge in [0.1, 0.15) is 22.8 Å². The molecule has 0 saturated carbocycles. The molecule has 1 atom stereocenters. The zero-order valence-electron chi connectivity index (χ0n) is 15.5. The number of anilines is 1. The van der Waals surface area contributed by atoms with E-state index in [0.717, 1.165) is 0 Å². The zero-order chi connectivity index (χ0) is 20.5. The van der Waals surface area contributed by atoms with Crippen LogP contribution in [0.1, 0.15) is 22.5 Å². The Kier molecular flexibility index (Phi) is 5.07. The van der Waals surface area contributed by atoms with Crippen LogP contribution in [0.25, 0.3) is 11.3 Å². The molecule has 1 fully saturated rings. The number of hydrogen-bond donors (Lipinski definition) is 1. The highest BCUT2D eigenvalue weighted by molar-refractivity contribution is 6.30. The normalized spacial score (nSPS) is 16.3. The average molecular weight is 414 g/mol. The molecule has 0 aliphatic carbocycles. The maximum Gasteiger partial charge on any atom is 0.257 e. The minimum Gasteiger partial charge on any atom is -0.360 e. The van der Waals surface area contributed by atoms with Gasteiger partial charge in [-0.3, -0.25) is 9.59 Å². The largest absolute Gasteiger partial charge is 0.360 e. The molecule has 1 aromatic heterocycles. The molecule has 6 nitrogen and oxygen atoms in total. The van der Waals surface area contributed by atoms with E-state index in [1.165, 1.54) is 17.0 Å². The Morgan fingerprint density at radius 1 is 1.21 bits per heavy atom. The number of nitrogens with zero attached hydrogens (tertiary/aromatic N) is 2. The maximum absolute atomic E-state index is 13.1. The van der Waals surface area contributed by atoms with Crippen LogP contribution in [0.2, 0.25) is 5.02 Å². The van der Waals surface area contributed by atoms with Gasteiger partial charge in [0.25, 0.3) is 5.91 Å². The molecule has 2 aromatic carbocycles. The van der Waals surface area contributed by atoms with Gasteiger partial charge in [-0.25, -0.2) is 4.39 Å². The standard InChI is InChI=1S/C21H17ClFN3O3/c1-12-19(20(25-29-12)13-2-4-14(22)5-3-13)21(28)24-16-10-18(27)26(11-16)17-8-6-15(23)7-9-17/h2-9,16H,10-11H2,1H3,(H,24,28)/t16-/m1/s1. The SMILES string of the molecule is Cc1onc(-c2ccc(Cl)cc2)c1C(=O)N[C@@H]1CC(=O)N(c2ccc(F)cc2)C1. The van der Waals surface area contributed by atoms with Crippen LogP contribution in [0, 0.1) is 12.7 Å². The van der Waals surface area contributed by atoms with Gasteiger partial charge in [-0.2, -0.15) is 0 Å². The molecule has 0 unspecified atom stereocenters. The average Bonchev–Trinajstić information content (AvgIpc) is 3.25. The summed E-state index contributed by atoms with van der Waals surface area (Å²) in [4.78, 5) is 26.8. The number of amides is 2. The van der Waals surface area contributed by atoms with Gasteiger partial charge in [-0.05, 0) is 43.3 Å². The van der Waals surface area contributed by atoms with Crippen molar-refractivity contribution in [3.8, 4) is 11.3 Å². The molecular weight excluding hydrogens is 397 g/mol. The molecule has 8 heteroatoms. The zero-order valence-corrected chi connectivity index (χ0v) is 16.2. The molecule has 3 aromatic rings. The second-order valence-electron chi connectivity index (χ2n) is 6.82. The van der Waals surface area contributed by atoms with Gasteiger partial charge < -0.3 is 14.7 Å². The summed E-state index contributed by atoms with van der Waals surface area (Å²) in [5.41, 5.74) is 2.03. The molecular formula is C21H17ClFN3O3. The summed E-state index contributed by atoms with van der Waals surface area (Å²) in [6.07, 6.45) is 0.156. The van der Waals surface area contributed by atoms with Crippen molar-refractivity contribution in [1.29, 1.82) is 0 Å². The highest BCUT2D eigenvalue weighted by atomic mass is 35.5. The summed E-state index contributed by atoms with van der Waals surface area (Å²) in [5.74, 6) is -0.496. The van der Waals surface area contributed by atoms with Crippen molar-refractivity contribution in [3.63, 3.8) is 0 Å². The second-order valence-corrected chi connectivity index (χ2v) is 7.26. The van der Waals surface area contributed by atoms with Crippen molar-refractivity contribution in [3.05, 3.63) is 70.7 Å². The van der Waals surface area contributed by atoms with E-state index in [9.17, 15) is 14.0 Å². The van der Waals surface area contributed by atoms with Crippen LogP contribution in [-0.4, -0.2) is 29.6 Å². The summed E-state index contributed by atoms with van der Waals surface area (Å²) >= 11 is 5.93. The minimum absolute atomic E-state index is 0.137. The molecule has 0 bridgehead atoms. The van der Waals surface area contributed by atoms with E-state index in [1.54, 1.807) is 43.3 Å². The summed E-state index contributed by atoms with van der Waals surface area (Å²) in [6.45, 7) is 1.96. The Morgan fingerprint density at radius 2 is 1.90 bits per heavy atom. The molecule has 1 N–H and O–H groups in total. The van der Waals surface area contributed by atoms with Gasteiger partial charge in [0.15, 0.2) is 0 Å². The third-order valence-electron chi connectivity index (χ3n) is 4.81. The van der Waals surface area contributed by atoms with Gasteiger partial charge in [0.2, 0.25) is 5.91 Å². The molecule has 4 rings (SSSR count). The fourth-order valence-electron chi connectivity index (χ4n) is 3.38. The van der Waals surface area contributed by atoms with Crippen molar-refractivity contribution in [1.82, 2.24) is 10.5 Å². The summed E-state index contributed by atoms with van der Waals surface area (Å²) in [5, 5.41) is 7.46. The third-order valence-corrected chi connectivity index (χ3v) is 5.06. The minimum atomic E-state index is -0.382. The van der Waals surface area contributed by atoms with Gasteiger partial charge in [0.05, 0.1) is 6.04 Å². The highest BCUT2D eigenvalue weighted by Gasteiger charge is 2.33. The Labute approximate surface area is 171 Å². The summed E-state index contributed by atoms with van der Waals surface area (Å²) < 4.78 is 18.4. The molecule has 29 heavy (non-hydrogen) atoms. The number of benzene rings is 2. The first-order chi connectivity index (χ1) is 13.9. The van der Waals surface area contributed by atoms with Gasteiger partial charge in [-0.1, -0.05) is 28.9 Å². The van der Waals surface area contributed by atoms with Crippen LogP contribution in [-0.2, 0) is 4.79 Å². The van der Waals surface area contributed by atoms with E-state index in [4.69, 9.17) is 16.1 Å². The Bertz CT molecular complexity index is 1060. The van der Waals surface area contributed by atoms with Crippen molar-refractivity contribution in [2.45, 2.75) is 19.4 Å². The van der Waals surface area contributed by atoms with E-state index < -0.39 is 0 Å². The third kappa shape index (κ3) is 3.86. The molecule has 2 amide bonds. The lowest BCUT2D eigenvalue weighted by Crippen LogP contribution is -2.37. The van der Waals surface area contributed by atoms with Gasteiger partial charge in [0, 0.05) is 29.2 Å². The van der Waals surface area contributed by atoms with E-state index in [1.807, 2.05) is 0 Å². The number of hydrogen-bond acceptors (Lipinski definition) is 4. The number of halogens is 2. The lowest BCUT2D eigenvalue weighted by molar-refractivity contribution is -0.117. The van der Waals surface area contributed by atoms with Crippen molar-refractivity contribution in [2.24, 2.45) is 0 Å². The first-order valence-electron chi connectivity index (χ1n) is 9.01. The van der Waals surface area contributed by atoms with Crippen LogP contribution >= 0.6 is 11.6 Å². The van der Waals surface area contributed by atoms with E-state index in [-0.39, 0.29) is 30.1 Å². The van der Waals surface area contributed by atoms with Gasteiger partial charge >= 0.3 is 0 Å². The maximum atomic E-state index is 13.1. The van der Waals surface area contributed by atoms with E-state index >= 15 is 0 Å². The van der Waals surface area contributed by atoms with Gasteiger partial charge in [-0.15, -0.1) is 0 Å². The van der Waals surface area contributed by atoms with Crippen molar-refractivity contribution in [2.75, 3.05) is 11.4 Å². The lowest BCUT2D eigenvalue weighted by atomic mass is 10.1. The Morgan fingerprint density at radius 3 is 2.59 bits per heavy atom. The van der Waals surface area contributed by atoms with Crippen LogP contribution in [0.3, 0.4) is 0 Å². The monoisotopic (exact) mass is 413 g/mol. The smallest absolute Gasteiger partial charge is 0.257 e. The lowest BCUT2D eigenvalue weighted by Gasteiger charge is -2.17. The topological polar surface area (TPSA) is 75.4 Å². The quantitative estimate of drug-likeness (QED) is 0.702. The number of aromatic nitrogens is 1. The van der Waals surface area contributed by atoms with Crippen LogP contribution in [0.5, 0.6) is 0 Å². The van der Waals surface area contributed by atoms with Crippen LogP contribution < -0.4 is 10.2 Å². The summed E-state index contributed by atoms with van der Waals surface area (Å²) in [7, 11) is 0. The summed E-state index contributed by atoms with van der Waals surface area (Å²) in [6, 6.07) is 12.2. The first-order valence-corrected chi connectivity index (χ1v) is 9.39. The fourth-order valence-corrected chi connectivity index (χ4v) is 3.50. The predicted octanol–water partition coefficient (Wildman–Crippen LogP) is 3.98. The van der Waals surface area contributed by atoms with Crippen molar-refractivity contribution >= 4 is 29.1 Å². The number of carbonyl (C=O) groups is 2. The van der Waals surface area contributed by atoms with E-state index in [2.05, 4.69) is 10.5 Å². The Hall–Kier alpha value is -3.19. The number of carbonyl (C=O) groups excluding carboxylic acids is 2. The predicted molar refractivity (Wildman–Crippen MR) is 106 cm³/mol.